The van der Waals surface area contributed by atoms with Crippen LogP contribution in [0.15, 0.2) is 12.7 Å². The van der Waals surface area contributed by atoms with Gasteiger partial charge in [0.1, 0.15) is 6.04 Å². The van der Waals surface area contributed by atoms with Crippen LogP contribution in [0, 0.1) is 34.5 Å². The summed E-state index contributed by atoms with van der Waals surface area (Å²) >= 11 is 0. The van der Waals surface area contributed by atoms with Gasteiger partial charge in [-0.3, -0.25) is 19.2 Å². The highest BCUT2D eigenvalue weighted by molar-refractivity contribution is 7.88. The third-order valence-electron chi connectivity index (χ3n) is 11.7. The van der Waals surface area contributed by atoms with Crippen LogP contribution in [0.1, 0.15) is 119 Å². The summed E-state index contributed by atoms with van der Waals surface area (Å²) in [6.45, 7) is 16.1. The summed E-state index contributed by atoms with van der Waals surface area (Å²) in [6.07, 6.45) is 10.3. The zero-order valence-electron chi connectivity index (χ0n) is 31.9. The fraction of sp³-hybridized carbons (Fsp3) is 0.816. The second kappa shape index (κ2) is 17.3. The molecule has 50 heavy (non-hydrogen) atoms. The molecule has 0 aromatic carbocycles. The van der Waals surface area contributed by atoms with Crippen molar-refractivity contribution >= 4 is 39.3 Å². The van der Waals surface area contributed by atoms with Gasteiger partial charge >= 0.3 is 6.03 Å². The summed E-state index contributed by atoms with van der Waals surface area (Å²) in [7, 11) is -2.02. The summed E-state index contributed by atoms with van der Waals surface area (Å²) in [6, 6.07) is -2.70. The van der Waals surface area contributed by atoms with Gasteiger partial charge in [0, 0.05) is 44.9 Å². The molecule has 0 spiro atoms. The van der Waals surface area contributed by atoms with E-state index < -0.39 is 57.1 Å². The van der Waals surface area contributed by atoms with Crippen molar-refractivity contribution in [1.29, 1.82) is 0 Å². The van der Waals surface area contributed by atoms with E-state index in [-0.39, 0.29) is 54.2 Å². The number of nitrogens with zero attached hydrogens (tertiary/aromatic N) is 2. The zero-order chi connectivity index (χ0) is 37.6. The molecule has 3 amide bonds. The molecule has 3 rings (SSSR count). The Hall–Kier alpha value is -2.60. The molecule has 0 aromatic heterocycles. The first kappa shape index (κ1) is 41.8. The molecule has 1 saturated heterocycles. The minimum Gasteiger partial charge on any atom is -0.334 e. The number of carbonyl (C=O) groups is 5. The van der Waals surface area contributed by atoms with Crippen LogP contribution in [0.2, 0.25) is 0 Å². The Morgan fingerprint density at radius 1 is 1.04 bits per heavy atom. The maximum Gasteiger partial charge on any atom is 0.315 e. The second-order valence-corrected chi connectivity index (χ2v) is 19.0. The van der Waals surface area contributed by atoms with Crippen LogP contribution >= 0.6 is 0 Å². The SMILES string of the molecule is C=CCCC(=O)C(=O)C(CCC)CC(=O)[C@@H]1[C@H]2CCC(C)(C)[C@H]2CN1C(=O)[C@@H](NC(=O)N[C@H](CN(C)S(C)(=O)=O)C(C)(C)C)C1CCCCC1. The van der Waals surface area contributed by atoms with Crippen molar-refractivity contribution in [3.8, 4) is 0 Å². The van der Waals surface area contributed by atoms with Gasteiger partial charge in [-0.1, -0.05) is 73.3 Å². The fourth-order valence-electron chi connectivity index (χ4n) is 8.38. The van der Waals surface area contributed by atoms with Crippen molar-refractivity contribution in [2.24, 2.45) is 34.5 Å². The summed E-state index contributed by atoms with van der Waals surface area (Å²) in [5.74, 6) is -2.29. The van der Waals surface area contributed by atoms with Gasteiger partial charge in [0.2, 0.25) is 21.7 Å². The first-order valence-electron chi connectivity index (χ1n) is 18.7. The van der Waals surface area contributed by atoms with E-state index in [2.05, 4.69) is 31.1 Å². The molecule has 11 nitrogen and oxygen atoms in total. The molecule has 284 valence electrons. The molecular formula is C38H64N4O7S. The summed E-state index contributed by atoms with van der Waals surface area (Å²) in [4.78, 5) is 70.6. The Kier molecular flexibility index (Phi) is 14.5. The van der Waals surface area contributed by atoms with Gasteiger partial charge < -0.3 is 15.5 Å². The average molecular weight is 721 g/mol. The Morgan fingerprint density at radius 2 is 1.68 bits per heavy atom. The highest BCUT2D eigenvalue weighted by Crippen LogP contribution is 2.53. The van der Waals surface area contributed by atoms with E-state index in [0.29, 0.717) is 25.8 Å². The van der Waals surface area contributed by atoms with Crippen LogP contribution < -0.4 is 10.6 Å². The fourth-order valence-corrected chi connectivity index (χ4v) is 8.80. The standard InChI is InChI=1S/C38H64N4O7S/c1-10-12-19-29(43)34(45)26(16-11-2)22-30(44)33-27-20-21-38(6,7)28(27)23-42(33)35(46)32(25-17-14-13-15-18-25)40-36(47)39-31(37(3,4)5)24-41(8)50(9,48)49/h10,25-28,31-33H,1,11-24H2,2-9H3,(H2,39,40,47)/t26?,27-,28-,31+,32-,33-/m0/s1. The molecule has 2 N–H and O–H groups in total. The van der Waals surface area contributed by atoms with Gasteiger partial charge in [-0.15, -0.1) is 6.58 Å². The number of sulfonamides is 1. The van der Waals surface area contributed by atoms with E-state index >= 15 is 0 Å². The van der Waals surface area contributed by atoms with Crippen molar-refractivity contribution in [2.45, 2.75) is 137 Å². The minimum atomic E-state index is -3.49. The molecule has 1 heterocycles. The minimum absolute atomic E-state index is 0.0621. The van der Waals surface area contributed by atoms with Gasteiger partial charge in [-0.05, 0) is 67.1 Å². The van der Waals surface area contributed by atoms with E-state index in [9.17, 15) is 32.4 Å². The molecule has 1 aliphatic heterocycles. The number of likely N-dealkylation sites (N-methyl/N-ethyl adjacent to an activating group) is 1. The lowest BCUT2D eigenvalue weighted by atomic mass is 9.78. The average Bonchev–Trinajstić information content (AvgIpc) is 3.57. The van der Waals surface area contributed by atoms with Gasteiger partial charge in [-0.2, -0.15) is 0 Å². The predicted molar refractivity (Wildman–Crippen MR) is 196 cm³/mol. The summed E-state index contributed by atoms with van der Waals surface area (Å²) < 4.78 is 25.6. The molecular weight excluding hydrogens is 657 g/mol. The molecule has 6 atom stereocenters. The third kappa shape index (κ3) is 10.5. The lowest BCUT2D eigenvalue weighted by Crippen LogP contribution is -2.60. The number of likely N-dealkylation sites (tertiary alicyclic amines) is 1. The number of amides is 3. The first-order chi connectivity index (χ1) is 23.2. The number of urea groups is 1. The molecule has 2 saturated carbocycles. The Labute approximate surface area is 301 Å². The number of hydrogen-bond donors (Lipinski definition) is 2. The summed E-state index contributed by atoms with van der Waals surface area (Å²) in [5, 5.41) is 5.98. The highest BCUT2D eigenvalue weighted by atomic mass is 32.2. The van der Waals surface area contributed by atoms with Crippen molar-refractivity contribution in [1.82, 2.24) is 19.8 Å². The van der Waals surface area contributed by atoms with Crippen LogP contribution in [0.4, 0.5) is 4.79 Å². The maximum absolute atomic E-state index is 14.8. The molecule has 0 radical (unpaired) electrons. The predicted octanol–water partition coefficient (Wildman–Crippen LogP) is 5.28. The first-order valence-corrected chi connectivity index (χ1v) is 20.6. The number of Topliss-reactive ketones (excluding diaryl/α,β-unsaturated/α-hetero) is 3. The Balaban J connectivity index is 1.93. The summed E-state index contributed by atoms with van der Waals surface area (Å²) in [5.41, 5.74) is -0.579. The number of carbonyl (C=O) groups excluding carboxylic acids is 5. The van der Waals surface area contributed by atoms with Gasteiger partial charge in [0.15, 0.2) is 11.6 Å². The van der Waals surface area contributed by atoms with Crippen LogP contribution in [0.25, 0.3) is 0 Å². The largest absolute Gasteiger partial charge is 0.334 e. The normalized spacial score (nSPS) is 24.3. The van der Waals surface area contributed by atoms with Crippen molar-refractivity contribution in [2.75, 3.05) is 26.4 Å². The number of allylic oxidation sites excluding steroid dienone is 1. The topological polar surface area (TPSA) is 150 Å². The Morgan fingerprint density at radius 3 is 2.24 bits per heavy atom. The van der Waals surface area contributed by atoms with Crippen molar-refractivity contribution < 1.29 is 32.4 Å². The van der Waals surface area contributed by atoms with E-state index in [1.807, 2.05) is 27.7 Å². The number of ketones is 3. The molecule has 12 heteroatoms. The number of rotatable bonds is 17. The third-order valence-corrected chi connectivity index (χ3v) is 13.0. The molecule has 0 bridgehead atoms. The monoisotopic (exact) mass is 720 g/mol. The van der Waals surface area contributed by atoms with Crippen LogP contribution in [0.3, 0.4) is 0 Å². The van der Waals surface area contributed by atoms with Crippen LogP contribution in [-0.2, 0) is 29.2 Å². The van der Waals surface area contributed by atoms with E-state index in [1.165, 1.54) is 11.4 Å². The van der Waals surface area contributed by atoms with E-state index in [0.717, 1.165) is 51.2 Å². The van der Waals surface area contributed by atoms with E-state index in [4.69, 9.17) is 0 Å². The lowest BCUT2D eigenvalue weighted by molar-refractivity contribution is -0.143. The van der Waals surface area contributed by atoms with Crippen molar-refractivity contribution in [3.05, 3.63) is 12.7 Å². The lowest BCUT2D eigenvalue weighted by Gasteiger charge is -2.37. The highest BCUT2D eigenvalue weighted by Gasteiger charge is 2.56. The van der Waals surface area contributed by atoms with E-state index in [1.54, 1.807) is 11.0 Å². The number of fused-ring (bicyclic) bond motifs is 1. The number of hydrogen-bond acceptors (Lipinski definition) is 7. The molecule has 1 unspecified atom stereocenters. The Bertz CT molecular complexity index is 1370. The quantitative estimate of drug-likeness (QED) is 0.153. The van der Waals surface area contributed by atoms with Gasteiger partial charge in [0.05, 0.1) is 12.3 Å². The van der Waals surface area contributed by atoms with Gasteiger partial charge in [0.25, 0.3) is 0 Å². The maximum atomic E-state index is 14.8. The zero-order valence-corrected chi connectivity index (χ0v) is 32.7. The second-order valence-electron chi connectivity index (χ2n) is 17.0. The van der Waals surface area contributed by atoms with Crippen molar-refractivity contribution in [3.63, 3.8) is 0 Å². The molecule has 0 aromatic rings. The molecule has 2 aliphatic carbocycles. The molecule has 3 aliphatic rings. The molecule has 3 fully saturated rings. The number of nitrogens with one attached hydrogen (secondary N) is 2. The van der Waals surface area contributed by atoms with Gasteiger partial charge in [-0.25, -0.2) is 17.5 Å². The van der Waals surface area contributed by atoms with Crippen LogP contribution in [0.5, 0.6) is 0 Å². The smallest absolute Gasteiger partial charge is 0.315 e. The van der Waals surface area contributed by atoms with Crippen LogP contribution in [-0.4, -0.2) is 91.4 Å².